The summed E-state index contributed by atoms with van der Waals surface area (Å²) < 4.78 is 10.4. The van der Waals surface area contributed by atoms with Crippen LogP contribution in [-0.2, 0) is 19.5 Å². The number of methoxy groups -OCH3 is 2. The van der Waals surface area contributed by atoms with Gasteiger partial charge in [0.15, 0.2) is 0 Å². The van der Waals surface area contributed by atoms with Gasteiger partial charge in [-0.05, 0) is 58.1 Å². The summed E-state index contributed by atoms with van der Waals surface area (Å²) in [6.45, 7) is 16.2. The van der Waals surface area contributed by atoms with Crippen molar-refractivity contribution in [1.82, 2.24) is 0 Å². The molecule has 0 aliphatic rings. The van der Waals surface area contributed by atoms with Crippen molar-refractivity contribution in [1.29, 1.82) is 0 Å². The van der Waals surface area contributed by atoms with Crippen molar-refractivity contribution in [3.8, 4) is 11.5 Å². The summed E-state index contributed by atoms with van der Waals surface area (Å²) in [5.74, 6) is -0.567. The Bertz CT molecular complexity index is 927. The molecule has 2 aromatic rings. The zero-order valence-corrected chi connectivity index (χ0v) is 25.7. The van der Waals surface area contributed by atoms with Gasteiger partial charge in [-0.1, -0.05) is 67.5 Å². The maximum atomic E-state index is 11.1. The van der Waals surface area contributed by atoms with Gasteiger partial charge in [0.05, 0.1) is 26.2 Å². The van der Waals surface area contributed by atoms with Crippen LogP contribution < -0.4 is 19.7 Å². The molecular weight excluding hydrogens is 498 g/mol. The predicted octanol–water partition coefficient (Wildman–Crippen LogP) is 4.61. The Morgan fingerprint density at radius 3 is 1.06 bits per heavy atom. The van der Waals surface area contributed by atoms with E-state index in [0.717, 1.165) is 22.3 Å². The van der Waals surface area contributed by atoms with Crippen LogP contribution in [0.25, 0.3) is 0 Å². The molecule has 6 nitrogen and oxygen atoms in total. The molecule has 0 bridgehead atoms. The second-order valence-electron chi connectivity index (χ2n) is 9.58. The van der Waals surface area contributed by atoms with E-state index in [-0.39, 0.29) is 54.3 Å². The number of carboxylic acid groups (broad SMARTS) is 2. The van der Waals surface area contributed by atoms with Crippen molar-refractivity contribution in [2.45, 2.75) is 79.1 Å². The van der Waals surface area contributed by atoms with E-state index in [1.54, 1.807) is 12.1 Å². The van der Waals surface area contributed by atoms with Crippen LogP contribution in [0.5, 0.6) is 11.5 Å². The zero-order chi connectivity index (χ0) is 26.3. The Labute approximate surface area is 222 Å². The van der Waals surface area contributed by atoms with E-state index in [2.05, 4.69) is 0 Å². The number of ether oxygens (including phenoxy) is 2. The normalized spacial score (nSPS) is 10.7. The molecule has 2 aromatic carbocycles. The van der Waals surface area contributed by atoms with E-state index in [1.165, 1.54) is 14.2 Å². The van der Waals surface area contributed by atoms with Crippen molar-refractivity contribution in [2.24, 2.45) is 0 Å². The standard InChI is InChI=1S/2C14H20O3.Zn/c2*1-8(2)10-6-11(9(3)4)13(17-5)12(7-10)14(15)16;/h2*6-9H,1-5H3,(H,15,16);/q;;+2/p-2. The maximum absolute atomic E-state index is 11.1. The second-order valence-corrected chi connectivity index (χ2v) is 9.58. The maximum Gasteiger partial charge on any atom is 2.00 e. The van der Waals surface area contributed by atoms with Crippen LogP contribution in [0.15, 0.2) is 24.3 Å². The van der Waals surface area contributed by atoms with Crippen LogP contribution in [0.3, 0.4) is 0 Å². The average molecular weight is 536 g/mol. The molecule has 0 unspecified atom stereocenters. The smallest absolute Gasteiger partial charge is 0.545 e. The quantitative estimate of drug-likeness (QED) is 0.458. The number of hydrogen-bond donors (Lipinski definition) is 0. The summed E-state index contributed by atoms with van der Waals surface area (Å²) >= 11 is 0. The molecule has 0 N–H and O–H groups in total. The Kier molecular flexibility index (Phi) is 13.3. The minimum atomic E-state index is -1.19. The summed E-state index contributed by atoms with van der Waals surface area (Å²) in [4.78, 5) is 22.3. The Morgan fingerprint density at radius 2 is 0.886 bits per heavy atom. The van der Waals surface area contributed by atoms with Crippen LogP contribution in [0.4, 0.5) is 0 Å². The molecule has 0 aromatic heterocycles. The van der Waals surface area contributed by atoms with Gasteiger partial charge in [0.2, 0.25) is 0 Å². The number of aromatic carboxylic acids is 2. The largest absolute Gasteiger partial charge is 2.00 e. The fraction of sp³-hybridized carbons (Fsp3) is 0.500. The topological polar surface area (TPSA) is 98.7 Å². The van der Waals surface area contributed by atoms with Crippen molar-refractivity contribution in [2.75, 3.05) is 14.2 Å². The molecular formula is C28H38O6Zn. The molecule has 0 heterocycles. The summed E-state index contributed by atoms with van der Waals surface area (Å²) in [7, 11) is 2.98. The Balaban J connectivity index is 0.000000642. The molecule has 0 saturated carbocycles. The van der Waals surface area contributed by atoms with Crippen LogP contribution in [0.2, 0.25) is 0 Å². The minimum absolute atomic E-state index is 0. The van der Waals surface area contributed by atoms with Gasteiger partial charge >= 0.3 is 19.5 Å². The van der Waals surface area contributed by atoms with Gasteiger partial charge in [-0.3, -0.25) is 0 Å². The number of rotatable bonds is 8. The molecule has 188 valence electrons. The van der Waals surface area contributed by atoms with Gasteiger partial charge in [0.25, 0.3) is 0 Å². The molecule has 0 aliphatic heterocycles. The zero-order valence-electron chi connectivity index (χ0n) is 22.8. The van der Waals surface area contributed by atoms with Crippen molar-refractivity contribution >= 4 is 11.9 Å². The van der Waals surface area contributed by atoms with E-state index in [1.807, 2.05) is 67.5 Å². The van der Waals surface area contributed by atoms with E-state index in [9.17, 15) is 19.8 Å². The van der Waals surface area contributed by atoms with Crippen molar-refractivity contribution in [3.05, 3.63) is 57.6 Å². The monoisotopic (exact) mass is 534 g/mol. The number of carboxylic acids is 2. The Morgan fingerprint density at radius 1 is 0.600 bits per heavy atom. The predicted molar refractivity (Wildman–Crippen MR) is 131 cm³/mol. The van der Waals surface area contributed by atoms with Crippen LogP contribution in [-0.4, -0.2) is 26.2 Å². The average Bonchev–Trinajstić information content (AvgIpc) is 2.76. The van der Waals surface area contributed by atoms with Gasteiger partial charge in [0, 0.05) is 11.1 Å². The van der Waals surface area contributed by atoms with E-state index < -0.39 is 11.9 Å². The third kappa shape index (κ3) is 8.35. The van der Waals surface area contributed by atoms with E-state index in [4.69, 9.17) is 9.47 Å². The molecule has 0 atom stereocenters. The molecule has 0 amide bonds. The number of hydrogen-bond acceptors (Lipinski definition) is 6. The molecule has 0 radical (unpaired) electrons. The summed E-state index contributed by atoms with van der Waals surface area (Å²) in [6.07, 6.45) is 0. The number of benzene rings is 2. The molecule has 0 saturated heterocycles. The Hall–Kier alpha value is -2.40. The summed E-state index contributed by atoms with van der Waals surface area (Å²) in [5, 5.41) is 22.3. The first-order valence-electron chi connectivity index (χ1n) is 11.6. The van der Waals surface area contributed by atoms with Crippen LogP contribution in [0, 0.1) is 0 Å². The third-order valence-electron chi connectivity index (χ3n) is 5.71. The molecule has 0 aliphatic carbocycles. The van der Waals surface area contributed by atoms with Gasteiger partial charge in [0.1, 0.15) is 11.5 Å². The molecule has 0 fully saturated rings. The summed E-state index contributed by atoms with van der Waals surface area (Å²) in [5.41, 5.74) is 4.10. The van der Waals surface area contributed by atoms with E-state index >= 15 is 0 Å². The van der Waals surface area contributed by atoms with Gasteiger partial charge < -0.3 is 29.3 Å². The first-order valence-corrected chi connectivity index (χ1v) is 11.6. The molecule has 7 heteroatoms. The van der Waals surface area contributed by atoms with Crippen molar-refractivity contribution in [3.63, 3.8) is 0 Å². The van der Waals surface area contributed by atoms with Crippen LogP contribution in [0.1, 0.15) is 122 Å². The minimum Gasteiger partial charge on any atom is -0.545 e. The van der Waals surface area contributed by atoms with Crippen molar-refractivity contribution < 1.29 is 48.8 Å². The van der Waals surface area contributed by atoms with Gasteiger partial charge in [-0.15, -0.1) is 0 Å². The first-order chi connectivity index (χ1) is 15.8. The van der Waals surface area contributed by atoms with Crippen LogP contribution >= 0.6 is 0 Å². The third-order valence-corrected chi connectivity index (χ3v) is 5.71. The van der Waals surface area contributed by atoms with Gasteiger partial charge in [-0.2, -0.15) is 0 Å². The summed E-state index contributed by atoms with van der Waals surface area (Å²) in [6, 6.07) is 7.32. The fourth-order valence-electron chi connectivity index (χ4n) is 3.63. The molecule has 0 spiro atoms. The van der Waals surface area contributed by atoms with E-state index in [0.29, 0.717) is 11.5 Å². The second kappa shape index (κ2) is 14.2. The number of carbonyl (C=O) groups is 2. The first kappa shape index (κ1) is 32.6. The molecule has 35 heavy (non-hydrogen) atoms. The van der Waals surface area contributed by atoms with Gasteiger partial charge in [-0.25, -0.2) is 0 Å². The molecule has 2 rings (SSSR count). The fourth-order valence-corrected chi connectivity index (χ4v) is 3.63. The SMILES string of the molecule is COc1c(C(=O)[O-])cc(C(C)C)cc1C(C)C.COc1c(C(=O)[O-])cc(C(C)C)cc1C(C)C.[Zn+2]. The number of carbonyl (C=O) groups excluding carboxylic acids is 2.